The first-order valence-electron chi connectivity index (χ1n) is 10.2. The van der Waals surface area contributed by atoms with Gasteiger partial charge >= 0.3 is 0 Å². The van der Waals surface area contributed by atoms with Crippen molar-refractivity contribution >= 4 is 28.5 Å². The number of fused-ring (bicyclic) bond motifs is 1. The van der Waals surface area contributed by atoms with Crippen molar-refractivity contribution in [2.75, 3.05) is 23.7 Å². The van der Waals surface area contributed by atoms with Crippen LogP contribution in [0.25, 0.3) is 11.0 Å². The van der Waals surface area contributed by atoms with E-state index >= 15 is 0 Å². The van der Waals surface area contributed by atoms with Gasteiger partial charge in [0.15, 0.2) is 5.78 Å². The van der Waals surface area contributed by atoms with Gasteiger partial charge in [0.05, 0.1) is 12.7 Å². The molecule has 0 spiro atoms. The van der Waals surface area contributed by atoms with E-state index in [2.05, 4.69) is 26.8 Å². The molecule has 4 rings (SSSR count). The Kier molecular flexibility index (Phi) is 5.73. The first kappa shape index (κ1) is 20.6. The monoisotopic (exact) mass is 419 g/mol. The standard InChI is InChI=1S/C22H25N7O2/c1-2-3-10-28-20-18(26-22(28)27-9-5-8-17(24)13-27)12-25-29(21(20)31)14-19(30)15-6-4-7-16(23)11-15/h4,6-7,11-12,17H,5,8-10,13-14,23-24H2,1H3. The molecular formula is C22H25N7O2. The van der Waals surface area contributed by atoms with Crippen molar-refractivity contribution in [1.29, 1.82) is 0 Å². The van der Waals surface area contributed by atoms with Crippen molar-refractivity contribution in [3.05, 3.63) is 46.4 Å². The van der Waals surface area contributed by atoms with Crippen LogP contribution in [-0.2, 0) is 13.1 Å². The highest BCUT2D eigenvalue weighted by atomic mass is 16.1. The highest BCUT2D eigenvalue weighted by molar-refractivity contribution is 5.96. The third-order valence-electron chi connectivity index (χ3n) is 5.39. The lowest BCUT2D eigenvalue weighted by Gasteiger charge is -2.31. The van der Waals surface area contributed by atoms with Crippen LogP contribution < -0.4 is 21.9 Å². The second-order valence-electron chi connectivity index (χ2n) is 7.66. The molecular weight excluding hydrogens is 394 g/mol. The molecule has 31 heavy (non-hydrogen) atoms. The summed E-state index contributed by atoms with van der Waals surface area (Å²) in [5.74, 6) is 6.30. The molecule has 1 saturated heterocycles. The van der Waals surface area contributed by atoms with Gasteiger partial charge in [0.25, 0.3) is 5.56 Å². The highest BCUT2D eigenvalue weighted by Crippen LogP contribution is 2.23. The van der Waals surface area contributed by atoms with E-state index in [4.69, 9.17) is 11.5 Å². The highest BCUT2D eigenvalue weighted by Gasteiger charge is 2.24. The molecule has 9 nitrogen and oxygen atoms in total. The Labute approximate surface area is 179 Å². The number of nitrogens with two attached hydrogens (primary N) is 2. The first-order chi connectivity index (χ1) is 15.0. The van der Waals surface area contributed by atoms with Crippen LogP contribution >= 0.6 is 0 Å². The van der Waals surface area contributed by atoms with Crippen LogP contribution in [0.2, 0.25) is 0 Å². The molecule has 1 atom stereocenters. The van der Waals surface area contributed by atoms with Gasteiger partial charge < -0.3 is 16.4 Å². The summed E-state index contributed by atoms with van der Waals surface area (Å²) in [5, 5.41) is 4.19. The van der Waals surface area contributed by atoms with Crippen LogP contribution in [0.3, 0.4) is 0 Å². The van der Waals surface area contributed by atoms with Crippen molar-refractivity contribution < 1.29 is 4.79 Å². The van der Waals surface area contributed by atoms with Gasteiger partial charge in [-0.1, -0.05) is 18.1 Å². The molecule has 2 aromatic heterocycles. The van der Waals surface area contributed by atoms with Gasteiger partial charge in [-0.3, -0.25) is 14.2 Å². The Morgan fingerprint density at radius 3 is 2.94 bits per heavy atom. The molecule has 1 aliphatic heterocycles. The van der Waals surface area contributed by atoms with Gasteiger partial charge in [0, 0.05) is 30.4 Å². The number of carbonyl (C=O) groups is 1. The molecule has 1 aromatic carbocycles. The smallest absolute Gasteiger partial charge is 0.293 e. The van der Waals surface area contributed by atoms with Gasteiger partial charge in [0.2, 0.25) is 5.95 Å². The normalized spacial score (nSPS) is 16.2. The summed E-state index contributed by atoms with van der Waals surface area (Å²) in [7, 11) is 0. The summed E-state index contributed by atoms with van der Waals surface area (Å²) in [6, 6.07) is 6.72. The number of benzene rings is 1. The Hall–Kier alpha value is -3.64. The lowest BCUT2D eigenvalue weighted by molar-refractivity contribution is 0.0966. The second kappa shape index (κ2) is 8.62. The molecule has 1 fully saturated rings. The summed E-state index contributed by atoms with van der Waals surface area (Å²) in [5.41, 5.74) is 13.3. The van der Waals surface area contributed by atoms with Crippen LogP contribution in [0, 0.1) is 11.8 Å². The van der Waals surface area contributed by atoms with E-state index in [-0.39, 0.29) is 23.9 Å². The Bertz CT molecular complexity index is 1250. The topological polar surface area (TPSA) is 125 Å². The maximum absolute atomic E-state index is 13.3. The number of ketones is 1. The molecule has 3 aromatic rings. The number of hydrogen-bond acceptors (Lipinski definition) is 7. The third-order valence-corrected chi connectivity index (χ3v) is 5.39. The maximum Gasteiger partial charge on any atom is 0.293 e. The number of nitrogens with zero attached hydrogens (tertiary/aromatic N) is 5. The molecule has 1 aliphatic rings. The van der Waals surface area contributed by atoms with Crippen LogP contribution in [0.15, 0.2) is 35.3 Å². The number of anilines is 2. The fraction of sp³-hybridized carbons (Fsp3) is 0.364. The van der Waals surface area contributed by atoms with Gasteiger partial charge in [-0.05, 0) is 31.9 Å². The number of rotatable bonds is 5. The van der Waals surface area contributed by atoms with Crippen molar-refractivity contribution in [3.8, 4) is 11.8 Å². The summed E-state index contributed by atoms with van der Waals surface area (Å²) in [6.45, 7) is 3.35. The van der Waals surface area contributed by atoms with E-state index in [1.807, 2.05) is 0 Å². The van der Waals surface area contributed by atoms with Crippen molar-refractivity contribution in [1.82, 2.24) is 19.3 Å². The van der Waals surface area contributed by atoms with E-state index in [1.165, 1.54) is 6.20 Å². The van der Waals surface area contributed by atoms with Crippen LogP contribution in [-0.4, -0.2) is 44.2 Å². The minimum atomic E-state index is -0.382. The molecule has 1 unspecified atom stereocenters. The Morgan fingerprint density at radius 1 is 1.35 bits per heavy atom. The summed E-state index contributed by atoms with van der Waals surface area (Å²) < 4.78 is 2.96. The fourth-order valence-corrected chi connectivity index (χ4v) is 3.87. The molecule has 3 heterocycles. The Balaban J connectivity index is 1.75. The van der Waals surface area contributed by atoms with Crippen LogP contribution in [0.4, 0.5) is 11.6 Å². The lowest BCUT2D eigenvalue weighted by Crippen LogP contribution is -2.44. The molecule has 0 saturated carbocycles. The van der Waals surface area contributed by atoms with Gasteiger partial charge in [-0.15, -0.1) is 5.92 Å². The van der Waals surface area contributed by atoms with Gasteiger partial charge in [-0.25, -0.2) is 9.67 Å². The predicted octanol–water partition coefficient (Wildman–Crippen LogP) is 1.01. The van der Waals surface area contributed by atoms with Crippen LogP contribution in [0.1, 0.15) is 30.1 Å². The molecule has 0 aliphatic carbocycles. The zero-order valence-electron chi connectivity index (χ0n) is 17.4. The number of imidazole rings is 1. The zero-order chi connectivity index (χ0) is 22.0. The number of Topliss-reactive ketones (excluding diaryl/α,β-unsaturated/α-hetero) is 1. The quantitative estimate of drug-likeness (QED) is 0.359. The molecule has 0 amide bonds. The number of nitrogen functional groups attached to an aromatic ring is 1. The molecule has 0 radical (unpaired) electrons. The molecule has 0 bridgehead atoms. The lowest BCUT2D eigenvalue weighted by atomic mass is 10.1. The molecule has 4 N–H and O–H groups in total. The number of aromatic nitrogens is 4. The first-order valence-corrected chi connectivity index (χ1v) is 10.2. The average molecular weight is 419 g/mol. The van der Waals surface area contributed by atoms with Crippen molar-refractivity contribution in [2.45, 2.75) is 38.9 Å². The zero-order valence-corrected chi connectivity index (χ0v) is 17.4. The van der Waals surface area contributed by atoms with Crippen LogP contribution in [0.5, 0.6) is 0 Å². The number of hydrogen-bond donors (Lipinski definition) is 2. The summed E-state index contributed by atoms with van der Waals surface area (Å²) >= 11 is 0. The number of carbonyl (C=O) groups excluding carboxylic acids is 1. The number of piperidine rings is 1. The molecule has 160 valence electrons. The maximum atomic E-state index is 13.3. The van der Waals surface area contributed by atoms with E-state index in [0.29, 0.717) is 41.3 Å². The van der Waals surface area contributed by atoms with E-state index < -0.39 is 0 Å². The second-order valence-corrected chi connectivity index (χ2v) is 7.66. The fourth-order valence-electron chi connectivity index (χ4n) is 3.87. The predicted molar refractivity (Wildman–Crippen MR) is 120 cm³/mol. The van der Waals surface area contributed by atoms with Crippen molar-refractivity contribution in [3.63, 3.8) is 0 Å². The summed E-state index contributed by atoms with van der Waals surface area (Å²) in [6.07, 6.45) is 3.44. The van der Waals surface area contributed by atoms with E-state index in [0.717, 1.165) is 24.1 Å². The molecule has 9 heteroatoms. The summed E-state index contributed by atoms with van der Waals surface area (Å²) in [4.78, 5) is 32.7. The van der Waals surface area contributed by atoms with Crippen molar-refractivity contribution in [2.24, 2.45) is 5.73 Å². The van der Waals surface area contributed by atoms with E-state index in [1.54, 1.807) is 35.8 Å². The minimum absolute atomic E-state index is 0.0602. The Morgan fingerprint density at radius 2 is 2.19 bits per heavy atom. The average Bonchev–Trinajstić information content (AvgIpc) is 3.13. The van der Waals surface area contributed by atoms with Gasteiger partial charge in [-0.2, -0.15) is 5.10 Å². The SMILES string of the molecule is CC#CCn1c(N2CCCC(N)C2)nc2cnn(CC(=O)c3cccc(N)c3)c(=O)c21. The third kappa shape index (κ3) is 4.15. The largest absolute Gasteiger partial charge is 0.399 e. The van der Waals surface area contributed by atoms with E-state index in [9.17, 15) is 9.59 Å². The minimum Gasteiger partial charge on any atom is -0.399 e. The van der Waals surface area contributed by atoms with Gasteiger partial charge in [0.1, 0.15) is 17.6 Å².